The highest BCUT2D eigenvalue weighted by Crippen LogP contribution is 2.33. The van der Waals surface area contributed by atoms with E-state index in [9.17, 15) is 14.0 Å². The molecule has 1 unspecified atom stereocenters. The Morgan fingerprint density at radius 1 is 1.15 bits per heavy atom. The maximum absolute atomic E-state index is 13.8. The van der Waals surface area contributed by atoms with Gasteiger partial charge in [0, 0.05) is 37.6 Å². The van der Waals surface area contributed by atoms with Gasteiger partial charge in [-0.25, -0.2) is 19.2 Å². The number of hydrogen-bond acceptors (Lipinski definition) is 8. The molecule has 2 N–H and O–H groups in total. The van der Waals surface area contributed by atoms with E-state index in [0.29, 0.717) is 40.7 Å². The zero-order valence-electron chi connectivity index (χ0n) is 21.7. The van der Waals surface area contributed by atoms with E-state index in [1.54, 1.807) is 29.8 Å². The first-order chi connectivity index (χ1) is 18.6. The van der Waals surface area contributed by atoms with E-state index in [1.165, 1.54) is 19.2 Å². The number of methoxy groups -OCH3 is 1. The van der Waals surface area contributed by atoms with Crippen LogP contribution in [0.25, 0.3) is 10.9 Å². The van der Waals surface area contributed by atoms with Crippen LogP contribution in [0, 0.1) is 12.7 Å². The number of aromatic nitrogens is 3. The lowest BCUT2D eigenvalue weighted by atomic mass is 10.0. The van der Waals surface area contributed by atoms with Gasteiger partial charge in [-0.2, -0.15) is 0 Å². The Labute approximate surface area is 233 Å². The molecule has 202 valence electrons. The van der Waals surface area contributed by atoms with Crippen LogP contribution in [0.2, 0.25) is 5.15 Å². The molecule has 1 amide bonds. The molecule has 3 heterocycles. The van der Waals surface area contributed by atoms with Gasteiger partial charge in [-0.3, -0.25) is 14.1 Å². The molecule has 1 aliphatic rings. The molecule has 12 heteroatoms. The van der Waals surface area contributed by atoms with Gasteiger partial charge in [0.25, 0.3) is 5.56 Å². The van der Waals surface area contributed by atoms with Crippen molar-refractivity contribution < 1.29 is 13.9 Å². The Bertz CT molecular complexity index is 1660. The zero-order valence-corrected chi connectivity index (χ0v) is 23.3. The minimum absolute atomic E-state index is 0.166. The Balaban J connectivity index is 1.53. The Kier molecular flexibility index (Phi) is 7.37. The number of rotatable bonds is 6. The number of ether oxygens (including phenoxy) is 1. The largest absolute Gasteiger partial charge is 0.452 e. The second kappa shape index (κ2) is 10.7. The number of benzene rings is 2. The first kappa shape index (κ1) is 26.8. The highest BCUT2D eigenvalue weighted by Gasteiger charge is 2.25. The third kappa shape index (κ3) is 5.37. The molecule has 2 aromatic carbocycles. The van der Waals surface area contributed by atoms with Crippen LogP contribution in [0.1, 0.15) is 35.2 Å². The minimum Gasteiger partial charge on any atom is -0.452 e. The van der Waals surface area contributed by atoms with Gasteiger partial charge in [0.1, 0.15) is 16.0 Å². The molecule has 0 aliphatic carbocycles. The first-order valence-corrected chi connectivity index (χ1v) is 13.3. The number of anilines is 2. The van der Waals surface area contributed by atoms with Crippen LogP contribution in [-0.2, 0) is 24.9 Å². The Morgan fingerprint density at radius 3 is 2.69 bits per heavy atom. The van der Waals surface area contributed by atoms with E-state index in [2.05, 4.69) is 19.8 Å². The number of aryl methyl sites for hydroxylation is 1. The van der Waals surface area contributed by atoms with Crippen molar-refractivity contribution in [3.8, 4) is 0 Å². The van der Waals surface area contributed by atoms with Crippen molar-refractivity contribution in [3.63, 3.8) is 0 Å². The summed E-state index contributed by atoms with van der Waals surface area (Å²) < 4.78 is 22.5. The van der Waals surface area contributed by atoms with Gasteiger partial charge in [0.15, 0.2) is 0 Å². The van der Waals surface area contributed by atoms with Crippen LogP contribution < -0.4 is 20.5 Å². The number of carbonyl (C=O) groups is 1. The summed E-state index contributed by atoms with van der Waals surface area (Å²) in [5.74, 6) is 0.220. The molecule has 0 bridgehead atoms. The maximum Gasteiger partial charge on any atom is 0.417 e. The second-order valence-corrected chi connectivity index (χ2v) is 10.5. The van der Waals surface area contributed by atoms with Crippen molar-refractivity contribution in [1.82, 2.24) is 19.3 Å². The minimum atomic E-state index is -0.621. The molecule has 9 nitrogen and oxygen atoms in total. The third-order valence-corrected chi connectivity index (χ3v) is 7.57. The zero-order chi connectivity index (χ0) is 27.8. The van der Waals surface area contributed by atoms with Crippen LogP contribution in [0.3, 0.4) is 0 Å². The number of nitrogens with zero attached hydrogens (tertiary/aromatic N) is 4. The number of hydrogen-bond donors (Lipinski definition) is 2. The molecule has 0 saturated carbocycles. The molecule has 39 heavy (non-hydrogen) atoms. The summed E-state index contributed by atoms with van der Waals surface area (Å²) in [4.78, 5) is 36.4. The van der Waals surface area contributed by atoms with Gasteiger partial charge in [0.2, 0.25) is 5.95 Å². The van der Waals surface area contributed by atoms with E-state index in [1.807, 2.05) is 30.9 Å². The summed E-state index contributed by atoms with van der Waals surface area (Å²) in [5, 5.41) is 4.64. The van der Waals surface area contributed by atoms with Gasteiger partial charge in [0.05, 0.1) is 29.7 Å². The molecule has 5 rings (SSSR count). The predicted molar refractivity (Wildman–Crippen MR) is 151 cm³/mol. The fourth-order valence-corrected chi connectivity index (χ4v) is 5.55. The Hall–Kier alpha value is -3.83. The maximum atomic E-state index is 13.8. The number of pyridine rings is 1. The van der Waals surface area contributed by atoms with Crippen LogP contribution in [0.5, 0.6) is 0 Å². The van der Waals surface area contributed by atoms with Crippen molar-refractivity contribution >= 4 is 52.2 Å². The topological polar surface area (TPSA) is 101 Å². The smallest absolute Gasteiger partial charge is 0.417 e. The molecule has 0 spiro atoms. The lowest BCUT2D eigenvalue weighted by Crippen LogP contribution is -2.28. The van der Waals surface area contributed by atoms with Crippen molar-refractivity contribution in [3.05, 3.63) is 86.0 Å². The fraction of sp³-hybridized carbons (Fsp3) is 0.259. The average Bonchev–Trinajstić information content (AvgIpc) is 3.33. The first-order valence-electron chi connectivity index (χ1n) is 12.1. The lowest BCUT2D eigenvalue weighted by molar-refractivity contribution is 0.178. The number of halogens is 2. The second-order valence-electron chi connectivity index (χ2n) is 9.34. The van der Waals surface area contributed by atoms with Gasteiger partial charge in [-0.15, -0.1) is 0 Å². The number of nitrogens with one attached hydrogen (secondary N) is 2. The molecule has 0 radical (unpaired) electrons. The quantitative estimate of drug-likeness (QED) is 0.233. The van der Waals surface area contributed by atoms with Crippen molar-refractivity contribution in [2.75, 3.05) is 17.3 Å². The van der Waals surface area contributed by atoms with E-state index in [0.717, 1.165) is 34.2 Å². The van der Waals surface area contributed by atoms with Crippen LogP contribution in [0.15, 0.2) is 52.3 Å². The fourth-order valence-electron chi connectivity index (χ4n) is 4.71. The Morgan fingerprint density at radius 2 is 1.92 bits per heavy atom. The molecule has 0 saturated heterocycles. The van der Waals surface area contributed by atoms with E-state index in [-0.39, 0.29) is 22.6 Å². The van der Waals surface area contributed by atoms with Gasteiger partial charge < -0.3 is 15.0 Å². The number of amides is 1. The molecule has 4 aromatic rings. The summed E-state index contributed by atoms with van der Waals surface area (Å²) in [7, 11) is 2.98. The predicted octanol–water partition coefficient (Wildman–Crippen LogP) is 5.49. The summed E-state index contributed by atoms with van der Waals surface area (Å²) in [6, 6.07) is 11.7. The normalized spacial score (nSPS) is 13.3. The van der Waals surface area contributed by atoms with Crippen molar-refractivity contribution in [2.24, 2.45) is 7.05 Å². The average molecular weight is 569 g/mol. The van der Waals surface area contributed by atoms with Crippen LogP contribution >= 0.6 is 23.5 Å². The van der Waals surface area contributed by atoms with E-state index in [4.69, 9.17) is 16.6 Å². The van der Waals surface area contributed by atoms with Crippen LogP contribution in [0.4, 0.5) is 20.8 Å². The molecular weight excluding hydrogens is 543 g/mol. The lowest BCUT2D eigenvalue weighted by Gasteiger charge is -2.23. The van der Waals surface area contributed by atoms with Gasteiger partial charge >= 0.3 is 6.09 Å². The summed E-state index contributed by atoms with van der Waals surface area (Å²) in [6.07, 6.45) is -0.621. The SMILES string of the molecule is COC(=O)NSc1nc(Cl)ccc1NC(C)c1cc(C)cc2c(=O)n(C)c(N3Cc4ccc(F)cc4C3)nc12. The van der Waals surface area contributed by atoms with E-state index < -0.39 is 6.09 Å². The molecule has 1 aliphatic heterocycles. The van der Waals surface area contributed by atoms with Crippen molar-refractivity contribution in [2.45, 2.75) is 38.0 Å². The number of carbonyl (C=O) groups excluding carboxylic acids is 1. The summed E-state index contributed by atoms with van der Waals surface area (Å²) in [5.41, 5.74) is 4.65. The molecule has 2 aromatic heterocycles. The summed E-state index contributed by atoms with van der Waals surface area (Å²) >= 11 is 7.08. The van der Waals surface area contributed by atoms with Crippen molar-refractivity contribution in [1.29, 1.82) is 0 Å². The molecular formula is C27H26ClFN6O3S. The van der Waals surface area contributed by atoms with Gasteiger partial charge in [-0.1, -0.05) is 23.7 Å². The monoisotopic (exact) mass is 568 g/mol. The molecule has 0 fully saturated rings. The molecule has 1 atom stereocenters. The third-order valence-electron chi connectivity index (χ3n) is 6.59. The van der Waals surface area contributed by atoms with Crippen LogP contribution in [-0.4, -0.2) is 27.7 Å². The van der Waals surface area contributed by atoms with Gasteiger partial charge in [-0.05, 0) is 60.9 Å². The van der Waals surface area contributed by atoms with E-state index >= 15 is 0 Å². The highest BCUT2D eigenvalue weighted by molar-refractivity contribution is 7.98. The highest BCUT2D eigenvalue weighted by atomic mass is 35.5. The summed E-state index contributed by atoms with van der Waals surface area (Å²) in [6.45, 7) is 4.87. The standard InChI is InChI=1S/C27H26ClFN6O3S/c1-14-9-19(15(2)30-21-7-8-22(28)31-24(21)39-33-27(37)38-4)23-20(10-14)25(36)34(3)26(32-23)35-12-16-5-6-18(29)11-17(16)13-35/h5-11,15,30H,12-13H2,1-4H3,(H,33,37). The number of fused-ring (bicyclic) bond motifs is 2.